The first-order chi connectivity index (χ1) is 13.7. The van der Waals surface area contributed by atoms with Gasteiger partial charge in [0.05, 0.1) is 25.2 Å². The van der Waals surface area contributed by atoms with Crippen molar-refractivity contribution in [1.82, 2.24) is 4.90 Å². The Morgan fingerprint density at radius 1 is 1.04 bits per heavy atom. The Hall–Kier alpha value is -2.18. The summed E-state index contributed by atoms with van der Waals surface area (Å²) in [5.74, 6) is 0.737. The highest BCUT2D eigenvalue weighted by Gasteiger charge is 2.35. The standard InChI is InChI=1S/C22H24BrN3O2/c1-28-18-9-7-17(8-10-18)24-21-19-14-16(23)6-11-20(19)26(22(21)27)15-25-12-4-2-3-5-13-25/h6-11,14H,2-5,12-13,15H2,1H3. The molecular formula is C22H24BrN3O2. The number of rotatable bonds is 4. The van der Waals surface area contributed by atoms with Gasteiger partial charge in [-0.1, -0.05) is 28.8 Å². The summed E-state index contributed by atoms with van der Waals surface area (Å²) in [6.45, 7) is 2.70. The molecule has 2 aromatic rings. The van der Waals surface area contributed by atoms with Gasteiger partial charge in [-0.25, -0.2) is 4.99 Å². The molecule has 4 rings (SSSR count). The lowest BCUT2D eigenvalue weighted by molar-refractivity contribution is -0.112. The second kappa shape index (κ2) is 8.45. The molecule has 0 spiro atoms. The molecule has 0 saturated carbocycles. The van der Waals surface area contributed by atoms with Gasteiger partial charge in [-0.05, 0) is 68.4 Å². The number of nitrogens with zero attached hydrogens (tertiary/aromatic N) is 3. The molecule has 2 aromatic carbocycles. The van der Waals surface area contributed by atoms with Crippen molar-refractivity contribution in [3.8, 4) is 5.75 Å². The van der Waals surface area contributed by atoms with Crippen molar-refractivity contribution in [2.45, 2.75) is 25.7 Å². The van der Waals surface area contributed by atoms with Gasteiger partial charge < -0.3 is 4.74 Å². The average molecular weight is 442 g/mol. The van der Waals surface area contributed by atoms with E-state index >= 15 is 0 Å². The van der Waals surface area contributed by atoms with Crippen molar-refractivity contribution in [2.75, 3.05) is 31.8 Å². The van der Waals surface area contributed by atoms with Crippen LogP contribution in [-0.2, 0) is 4.79 Å². The summed E-state index contributed by atoms with van der Waals surface area (Å²) in [7, 11) is 1.63. The van der Waals surface area contributed by atoms with Gasteiger partial charge in [0.15, 0.2) is 0 Å². The molecule has 28 heavy (non-hydrogen) atoms. The highest BCUT2D eigenvalue weighted by molar-refractivity contribution is 9.10. The molecule has 6 heteroatoms. The molecule has 1 amide bonds. The summed E-state index contributed by atoms with van der Waals surface area (Å²) >= 11 is 3.53. The summed E-state index contributed by atoms with van der Waals surface area (Å²) in [5, 5.41) is 0. The fraction of sp³-hybridized carbons (Fsp3) is 0.364. The number of benzene rings is 2. The van der Waals surface area contributed by atoms with E-state index in [4.69, 9.17) is 4.74 Å². The number of hydrogen-bond acceptors (Lipinski definition) is 4. The predicted octanol–water partition coefficient (Wildman–Crippen LogP) is 4.76. The Bertz CT molecular complexity index is 887. The molecule has 0 bridgehead atoms. The van der Waals surface area contributed by atoms with E-state index in [0.29, 0.717) is 12.4 Å². The van der Waals surface area contributed by atoms with Gasteiger partial charge in [0.25, 0.3) is 5.91 Å². The minimum absolute atomic E-state index is 0.0341. The molecule has 5 nitrogen and oxygen atoms in total. The summed E-state index contributed by atoms with van der Waals surface area (Å²) < 4.78 is 6.15. The monoisotopic (exact) mass is 441 g/mol. The van der Waals surface area contributed by atoms with Crippen LogP contribution in [0.3, 0.4) is 0 Å². The molecule has 1 saturated heterocycles. The largest absolute Gasteiger partial charge is 0.497 e. The van der Waals surface area contributed by atoms with Crippen LogP contribution in [0.2, 0.25) is 0 Å². The number of likely N-dealkylation sites (tertiary alicyclic amines) is 1. The number of aliphatic imine (C=N–C) groups is 1. The molecule has 0 N–H and O–H groups in total. The number of halogens is 1. The topological polar surface area (TPSA) is 45.1 Å². The fourth-order valence-electron chi connectivity index (χ4n) is 3.80. The fourth-order valence-corrected chi connectivity index (χ4v) is 4.16. The third kappa shape index (κ3) is 3.98. The van der Waals surface area contributed by atoms with Gasteiger partial charge in [-0.2, -0.15) is 0 Å². The van der Waals surface area contributed by atoms with Crippen LogP contribution < -0.4 is 9.64 Å². The first kappa shape index (κ1) is 19.2. The maximum Gasteiger partial charge on any atom is 0.278 e. The lowest BCUT2D eigenvalue weighted by Gasteiger charge is -2.26. The van der Waals surface area contributed by atoms with Gasteiger partial charge in [0.1, 0.15) is 11.5 Å². The first-order valence-corrected chi connectivity index (χ1v) is 10.5. The lowest BCUT2D eigenvalue weighted by Crippen LogP contribution is -2.41. The molecule has 146 valence electrons. The Balaban J connectivity index is 1.66. The number of amides is 1. The Kier molecular flexibility index (Phi) is 5.78. The molecule has 0 aromatic heterocycles. The molecule has 2 aliphatic heterocycles. The molecule has 0 radical (unpaired) electrons. The van der Waals surface area contributed by atoms with Gasteiger partial charge in [-0.15, -0.1) is 0 Å². The van der Waals surface area contributed by atoms with E-state index in [1.807, 2.05) is 47.4 Å². The van der Waals surface area contributed by atoms with Crippen LogP contribution in [-0.4, -0.2) is 43.4 Å². The lowest BCUT2D eigenvalue weighted by atomic mass is 10.1. The molecule has 1 fully saturated rings. The van der Waals surface area contributed by atoms with E-state index in [9.17, 15) is 4.79 Å². The number of carbonyl (C=O) groups is 1. The summed E-state index contributed by atoms with van der Waals surface area (Å²) in [4.78, 5) is 22.2. The van der Waals surface area contributed by atoms with Crippen molar-refractivity contribution in [3.63, 3.8) is 0 Å². The van der Waals surface area contributed by atoms with E-state index in [0.717, 1.165) is 40.2 Å². The number of hydrogen-bond donors (Lipinski definition) is 0. The van der Waals surface area contributed by atoms with E-state index in [1.54, 1.807) is 7.11 Å². The smallest absolute Gasteiger partial charge is 0.278 e. The van der Waals surface area contributed by atoms with Gasteiger partial charge in [-0.3, -0.25) is 14.6 Å². The van der Waals surface area contributed by atoms with Crippen molar-refractivity contribution in [2.24, 2.45) is 4.99 Å². The summed E-state index contributed by atoms with van der Waals surface area (Å²) in [6, 6.07) is 13.4. The number of methoxy groups -OCH3 is 1. The van der Waals surface area contributed by atoms with Crippen LogP contribution in [0.5, 0.6) is 5.75 Å². The van der Waals surface area contributed by atoms with E-state index < -0.39 is 0 Å². The highest BCUT2D eigenvalue weighted by Crippen LogP contribution is 2.33. The van der Waals surface area contributed by atoms with E-state index in [2.05, 4.69) is 25.8 Å². The highest BCUT2D eigenvalue weighted by atomic mass is 79.9. The number of fused-ring (bicyclic) bond motifs is 1. The van der Waals surface area contributed by atoms with E-state index in [1.165, 1.54) is 25.7 Å². The minimum atomic E-state index is -0.0341. The summed E-state index contributed by atoms with van der Waals surface area (Å²) in [6.07, 6.45) is 4.94. The number of ether oxygens (including phenoxy) is 1. The first-order valence-electron chi connectivity index (χ1n) is 9.72. The van der Waals surface area contributed by atoms with Crippen molar-refractivity contribution in [1.29, 1.82) is 0 Å². The van der Waals surface area contributed by atoms with Crippen molar-refractivity contribution >= 4 is 38.9 Å². The van der Waals surface area contributed by atoms with Crippen molar-refractivity contribution < 1.29 is 9.53 Å². The number of anilines is 1. The van der Waals surface area contributed by atoms with Crippen LogP contribution in [0, 0.1) is 0 Å². The molecule has 2 aliphatic rings. The Labute approximate surface area is 174 Å². The van der Waals surface area contributed by atoms with Crippen LogP contribution in [0.15, 0.2) is 51.9 Å². The molecule has 0 atom stereocenters. The second-order valence-corrected chi connectivity index (χ2v) is 8.14. The van der Waals surface area contributed by atoms with Crippen LogP contribution >= 0.6 is 15.9 Å². The predicted molar refractivity (Wildman–Crippen MR) is 116 cm³/mol. The Morgan fingerprint density at radius 3 is 2.43 bits per heavy atom. The zero-order valence-corrected chi connectivity index (χ0v) is 17.6. The normalized spacial score (nSPS) is 19.0. The molecule has 0 aliphatic carbocycles. The molecule has 0 unspecified atom stereocenters. The van der Waals surface area contributed by atoms with Crippen molar-refractivity contribution in [3.05, 3.63) is 52.5 Å². The minimum Gasteiger partial charge on any atom is -0.497 e. The number of carbonyl (C=O) groups excluding carboxylic acids is 1. The third-order valence-corrected chi connectivity index (χ3v) is 5.80. The zero-order chi connectivity index (χ0) is 19.5. The Morgan fingerprint density at radius 2 is 1.75 bits per heavy atom. The average Bonchev–Trinajstić information content (AvgIpc) is 2.88. The van der Waals surface area contributed by atoms with Crippen LogP contribution in [0.1, 0.15) is 31.2 Å². The van der Waals surface area contributed by atoms with Gasteiger partial charge >= 0.3 is 0 Å². The molecule has 2 heterocycles. The van der Waals surface area contributed by atoms with Gasteiger partial charge in [0.2, 0.25) is 0 Å². The van der Waals surface area contributed by atoms with E-state index in [-0.39, 0.29) is 5.91 Å². The maximum atomic E-state index is 13.3. The quantitative estimate of drug-likeness (QED) is 0.686. The SMILES string of the molecule is COc1ccc(N=C2C(=O)N(CN3CCCCCC3)c3ccc(Br)cc32)cc1. The third-order valence-electron chi connectivity index (χ3n) is 5.31. The second-order valence-electron chi connectivity index (χ2n) is 7.23. The molecular weight excluding hydrogens is 418 g/mol. The summed E-state index contributed by atoms with van der Waals surface area (Å²) in [5.41, 5.74) is 3.05. The maximum absolute atomic E-state index is 13.3. The zero-order valence-electron chi connectivity index (χ0n) is 16.0. The van der Waals surface area contributed by atoms with Gasteiger partial charge in [0, 0.05) is 10.0 Å². The van der Waals surface area contributed by atoms with Crippen LogP contribution in [0.25, 0.3) is 0 Å². The van der Waals surface area contributed by atoms with Crippen LogP contribution in [0.4, 0.5) is 11.4 Å².